The number of allylic oxidation sites excluding steroid dienone is 1. The number of hydrogen-bond donors (Lipinski definition) is 6. The summed E-state index contributed by atoms with van der Waals surface area (Å²) in [5.41, 5.74) is 9.26. The van der Waals surface area contributed by atoms with Gasteiger partial charge in [-0.15, -0.1) is 32.9 Å². The van der Waals surface area contributed by atoms with Gasteiger partial charge in [0.05, 0.1) is 36.8 Å². The molecule has 1 saturated heterocycles. The molecule has 15 rings (SSSR count). The molecule has 0 saturated carbocycles. The Morgan fingerprint density at radius 2 is 1.09 bits per heavy atom. The number of aromatic nitrogens is 14. The van der Waals surface area contributed by atoms with Crippen LogP contribution in [-0.2, 0) is 52.6 Å². The zero-order chi connectivity index (χ0) is 77.5. The third-order valence-electron chi connectivity index (χ3n) is 16.2. The van der Waals surface area contributed by atoms with Crippen LogP contribution in [0.2, 0.25) is 25.8 Å². The van der Waals surface area contributed by atoms with Gasteiger partial charge in [0.1, 0.15) is 65.5 Å². The summed E-state index contributed by atoms with van der Waals surface area (Å²) < 4.78 is 41.5. The Hall–Kier alpha value is -9.61. The van der Waals surface area contributed by atoms with Crippen molar-refractivity contribution in [3.63, 3.8) is 0 Å². The van der Waals surface area contributed by atoms with Gasteiger partial charge in [-0.25, -0.2) is 54.0 Å². The lowest BCUT2D eigenvalue weighted by atomic mass is 9.78. The molecule has 0 spiro atoms. The molecule has 0 radical (unpaired) electrons. The van der Waals surface area contributed by atoms with Gasteiger partial charge < -0.3 is 25.7 Å². The van der Waals surface area contributed by atoms with E-state index in [2.05, 4.69) is 102 Å². The maximum absolute atomic E-state index is 14.6. The van der Waals surface area contributed by atoms with E-state index in [0.29, 0.717) is 70.4 Å². The van der Waals surface area contributed by atoms with E-state index in [0.717, 1.165) is 48.9 Å². The second-order valence-corrected chi connectivity index (χ2v) is 29.5. The first kappa shape index (κ1) is 82.5. The second kappa shape index (κ2) is 39.5. The summed E-state index contributed by atoms with van der Waals surface area (Å²) in [6, 6.07) is 27.1. The van der Waals surface area contributed by atoms with Crippen molar-refractivity contribution < 1.29 is 32.5 Å². The number of aliphatic imine (C=N–C) groups is 1. The number of aryl methyl sites for hydroxylation is 4. The highest BCUT2D eigenvalue weighted by molar-refractivity contribution is 9.10. The average molecular weight is 1670 g/mol. The SMILES string of the molecule is CC1(C)OB(c2ccc(F)c(CC(=O)c3cc4c(s3)CCCC4)c2)OC1(C)C.Clc1ccc(Cl)nn1.Nc1ccncn1.O=C1CN=C(c2ccc(F)c(CC(=O)c3cc4c(s3)CCCC4)c2)C=C1Nc1ccncn1.O=c1[nH]nc(Cl)cc1Br.O=c1[nH]nc(Cl)cc1Nc1ccncn1.O=c1ccc(Cl)n[nH]1. The van der Waals surface area contributed by atoms with E-state index in [-0.39, 0.29) is 75.2 Å². The number of nitrogens with two attached hydrogens (primary N) is 1. The summed E-state index contributed by atoms with van der Waals surface area (Å²) in [4.78, 5) is 101. The van der Waals surface area contributed by atoms with Crippen molar-refractivity contribution in [1.82, 2.24) is 70.7 Å². The van der Waals surface area contributed by atoms with Crippen molar-refractivity contribution in [3.05, 3.63) is 273 Å². The van der Waals surface area contributed by atoms with E-state index >= 15 is 0 Å². The van der Waals surface area contributed by atoms with Crippen LogP contribution in [0.5, 0.6) is 0 Å². The number of thiophene rings is 2. The molecule has 9 aromatic heterocycles. The lowest BCUT2D eigenvalue weighted by Gasteiger charge is -2.32. The van der Waals surface area contributed by atoms with Crippen molar-refractivity contribution in [3.8, 4) is 0 Å². The van der Waals surface area contributed by atoms with E-state index in [4.69, 9.17) is 73.0 Å². The fourth-order valence-corrected chi connectivity index (χ4v) is 13.5. The number of Topliss-reactive ketones (excluding diaryl/α,β-unsaturated/α-hetero) is 3. The fourth-order valence-electron chi connectivity index (χ4n) is 10.1. The number of nitrogens with one attached hydrogen (secondary N) is 5. The van der Waals surface area contributed by atoms with Gasteiger partial charge in [0.2, 0.25) is 0 Å². The number of hydrogen-bond acceptors (Lipinski definition) is 25. The molecule has 11 heterocycles. The molecular formula is C71H65BBrCl5F2N18O8S2. The molecule has 37 heteroatoms. The number of benzene rings is 2. The molecule has 4 aliphatic rings. The molecule has 2 aliphatic heterocycles. The van der Waals surface area contributed by atoms with E-state index in [9.17, 15) is 37.5 Å². The molecule has 2 aliphatic carbocycles. The molecular weight excluding hydrogens is 1600 g/mol. The first-order valence-corrected chi connectivity index (χ1v) is 37.1. The lowest BCUT2D eigenvalue weighted by molar-refractivity contribution is -0.114. The van der Waals surface area contributed by atoms with E-state index in [1.807, 2.05) is 39.8 Å². The summed E-state index contributed by atoms with van der Waals surface area (Å²) in [5, 5.41) is 31.1. The number of carbonyl (C=O) groups excluding carboxylic acids is 3. The number of H-pyrrole nitrogens is 3. The number of nitrogens with zero attached hydrogens (tertiary/aromatic N) is 12. The Kier molecular flexibility index (Phi) is 30.1. The molecule has 0 amide bonds. The summed E-state index contributed by atoms with van der Waals surface area (Å²) >= 11 is 33.2. The maximum atomic E-state index is 14.6. The average Bonchev–Trinajstić information content (AvgIpc) is 1.59. The molecule has 558 valence electrons. The zero-order valence-corrected chi connectivity index (χ0v) is 64.8. The molecule has 11 aromatic rings. The highest BCUT2D eigenvalue weighted by Gasteiger charge is 2.52. The quantitative estimate of drug-likeness (QED) is 0.0489. The monoisotopic (exact) mass is 1660 g/mol. The standard InChI is InChI=1S/C25H21FN4O2S.C22H26BFO3S.C8H6ClN5O.C4H2BrClN2O.C4H2Cl2N2.C4H3ClN2O.C4H5N3/c26-18-6-5-15(19-12-20(22(32)13-28-19)30-25-7-8-27-14-29-25)9-17(18)10-21(31)24-11-16-3-1-2-4-23(16)33-24;1-21(2)22(3,4)27-23(26-21)16-9-10-17(24)15(11-16)12-18(25)20-13-14-7-5-6-8-19(14)28-20;9-6-3-5(8(15)14-13-6)12-7-1-2-10-4-11-7;5-2-1-3(6)7-8-4(2)9;5-3-1-2-4(6)8-7-3;5-3-1-2-4(8)7-6-3;5-4-1-2-6-3-7-4/h5-9,11-12,14H,1-4,10,13H2,(H,27,29,30);9-11,13H,5-8,12H2,1-4H3;1-4H,(H,14,15)(H,10,11,12,13);1H,(H,8,9);1-2H;1-2H,(H,7,8);1-3H,(H2,5,6,7). The third-order valence-corrected chi connectivity index (χ3v) is 20.3. The van der Waals surface area contributed by atoms with Gasteiger partial charge in [-0.05, 0) is 208 Å². The van der Waals surface area contributed by atoms with Crippen LogP contribution in [-0.4, -0.2) is 119 Å². The van der Waals surface area contributed by atoms with E-state index in [1.165, 1.54) is 89.1 Å². The summed E-state index contributed by atoms with van der Waals surface area (Å²) in [6.45, 7) is 7.92. The van der Waals surface area contributed by atoms with Crippen LogP contribution in [0.3, 0.4) is 0 Å². The minimum atomic E-state index is -0.562. The Balaban J connectivity index is 0.000000159. The Labute approximate surface area is 657 Å². The second-order valence-electron chi connectivity index (χ2n) is 24.5. The third kappa shape index (κ3) is 24.7. The number of rotatable bonds is 12. The Morgan fingerprint density at radius 3 is 1.57 bits per heavy atom. The largest absolute Gasteiger partial charge is 0.494 e. The van der Waals surface area contributed by atoms with Gasteiger partial charge in [-0.1, -0.05) is 70.1 Å². The van der Waals surface area contributed by atoms with Crippen molar-refractivity contribution in [1.29, 1.82) is 0 Å². The molecule has 0 unspecified atom stereocenters. The first-order valence-electron chi connectivity index (χ1n) is 32.8. The van der Waals surface area contributed by atoms with E-state index in [1.54, 1.807) is 102 Å². The zero-order valence-electron chi connectivity index (χ0n) is 57.8. The van der Waals surface area contributed by atoms with Crippen LogP contribution in [0.1, 0.15) is 110 Å². The molecule has 0 bridgehead atoms. The van der Waals surface area contributed by atoms with E-state index < -0.39 is 24.1 Å². The molecule has 2 aromatic carbocycles. The normalized spacial score (nSPS) is 14.1. The van der Waals surface area contributed by atoms with Gasteiger partial charge >= 0.3 is 7.12 Å². The summed E-state index contributed by atoms with van der Waals surface area (Å²) in [7, 11) is -0.562. The molecule has 0 atom stereocenters. The minimum Gasteiger partial charge on any atom is -0.399 e. The molecule has 108 heavy (non-hydrogen) atoms. The highest BCUT2D eigenvalue weighted by atomic mass is 79.9. The number of dihydropyridines is 1. The first-order chi connectivity index (χ1) is 51.6. The van der Waals surface area contributed by atoms with Crippen LogP contribution < -0.4 is 38.5 Å². The fraction of sp³-hybridized carbons (Fsp3) is 0.239. The Morgan fingerprint density at radius 1 is 0.583 bits per heavy atom. The number of anilines is 4. The van der Waals surface area contributed by atoms with Gasteiger partial charge in [-0.3, -0.25) is 33.8 Å². The highest BCUT2D eigenvalue weighted by Crippen LogP contribution is 2.37. The summed E-state index contributed by atoms with van der Waals surface area (Å²) in [5.74, 6) is 0.454. The molecule has 26 nitrogen and oxygen atoms in total. The van der Waals surface area contributed by atoms with Gasteiger partial charge in [0.15, 0.2) is 38.0 Å². The number of carbonyl (C=O) groups is 3. The predicted molar refractivity (Wildman–Crippen MR) is 418 cm³/mol. The van der Waals surface area contributed by atoms with Gasteiger partial charge in [0.25, 0.3) is 16.7 Å². The van der Waals surface area contributed by atoms with Crippen molar-refractivity contribution in [2.45, 2.75) is 103 Å². The van der Waals surface area contributed by atoms with Crippen molar-refractivity contribution in [2.24, 2.45) is 4.99 Å². The van der Waals surface area contributed by atoms with Crippen LogP contribution in [0.4, 0.5) is 31.9 Å². The number of aromatic amines is 3. The van der Waals surface area contributed by atoms with Crippen molar-refractivity contribution >= 4 is 155 Å². The maximum Gasteiger partial charge on any atom is 0.494 e. The van der Waals surface area contributed by atoms with Crippen molar-refractivity contribution in [2.75, 3.05) is 22.9 Å². The number of ketones is 3. The predicted octanol–water partition coefficient (Wildman–Crippen LogP) is 13.2. The van der Waals surface area contributed by atoms with Crippen LogP contribution >= 0.6 is 96.6 Å². The van der Waals surface area contributed by atoms with Gasteiger partial charge in [-0.2, -0.15) is 15.3 Å². The molecule has 7 N–H and O–H groups in total. The number of halogens is 8. The lowest BCUT2D eigenvalue weighted by Crippen LogP contribution is -2.41. The smallest absolute Gasteiger partial charge is 0.399 e. The molecule has 1 fully saturated rings. The number of fused-ring (bicyclic) bond motifs is 2. The van der Waals surface area contributed by atoms with Crippen LogP contribution in [0.15, 0.2) is 176 Å². The minimum absolute atomic E-state index is 0.0129. The van der Waals surface area contributed by atoms with Crippen LogP contribution in [0, 0.1) is 11.6 Å². The Bertz CT molecular complexity index is 5090. The van der Waals surface area contributed by atoms with Crippen LogP contribution in [0.25, 0.3) is 0 Å². The van der Waals surface area contributed by atoms with Gasteiger partial charge in [0, 0.05) is 58.9 Å². The summed E-state index contributed by atoms with van der Waals surface area (Å²) in [6.07, 6.45) is 19.4. The number of nitrogen functional groups attached to an aromatic ring is 1. The topological polar surface area (TPSA) is 372 Å².